The molecule has 3 nitrogen and oxygen atoms in total. The largest absolute Gasteiger partial charge is 0.508 e. The van der Waals surface area contributed by atoms with Crippen molar-refractivity contribution in [1.29, 1.82) is 0 Å². The summed E-state index contributed by atoms with van der Waals surface area (Å²) in [5.74, 6) is 0.298. The summed E-state index contributed by atoms with van der Waals surface area (Å²) in [4.78, 5) is 2.16. The molecule has 0 saturated carbocycles. The molecule has 0 fully saturated rings. The predicted molar refractivity (Wildman–Crippen MR) is 74.5 cm³/mol. The Morgan fingerprint density at radius 2 is 1.78 bits per heavy atom. The summed E-state index contributed by atoms with van der Waals surface area (Å²) in [6, 6.07) is 15.5. The molecule has 0 aliphatic heterocycles. The van der Waals surface area contributed by atoms with Gasteiger partial charge in [-0.2, -0.15) is 0 Å². The number of phenolic OH excluding ortho intramolecular Hbond substituents is 1. The molecule has 0 aliphatic carbocycles. The van der Waals surface area contributed by atoms with E-state index in [-0.39, 0.29) is 0 Å². The molecule has 0 spiro atoms. The number of nitrogens with two attached hydrogens (primary N) is 1. The lowest BCUT2D eigenvalue weighted by Crippen LogP contribution is -2.16. The second-order valence-electron chi connectivity index (χ2n) is 4.40. The number of aromatic hydroxyl groups is 1. The standard InChI is InChI=1S/C15H18N2O/c1-17(11-12-5-7-15(18)8-6-12)14-4-2-3-13(9-14)10-16/h2-9,18H,10-11,16H2,1H3. The maximum atomic E-state index is 9.25. The van der Waals surface area contributed by atoms with Crippen LogP contribution in [-0.2, 0) is 13.1 Å². The Hall–Kier alpha value is -2.00. The summed E-state index contributed by atoms with van der Waals surface area (Å²) in [7, 11) is 2.04. The SMILES string of the molecule is CN(Cc1ccc(O)cc1)c1cccc(CN)c1. The number of nitrogens with zero attached hydrogens (tertiary/aromatic N) is 1. The summed E-state index contributed by atoms with van der Waals surface area (Å²) in [6.45, 7) is 1.36. The number of anilines is 1. The normalized spacial score (nSPS) is 10.3. The number of phenols is 1. The molecule has 2 rings (SSSR count). The fourth-order valence-corrected chi connectivity index (χ4v) is 1.89. The molecular formula is C15H18N2O. The minimum absolute atomic E-state index is 0.298. The van der Waals surface area contributed by atoms with Crippen molar-refractivity contribution in [2.24, 2.45) is 5.73 Å². The van der Waals surface area contributed by atoms with Crippen molar-refractivity contribution in [3.63, 3.8) is 0 Å². The summed E-state index contributed by atoms with van der Waals surface area (Å²) >= 11 is 0. The van der Waals surface area contributed by atoms with Gasteiger partial charge in [0, 0.05) is 25.8 Å². The molecule has 0 amide bonds. The third-order valence-electron chi connectivity index (χ3n) is 2.94. The fraction of sp³-hybridized carbons (Fsp3) is 0.200. The van der Waals surface area contributed by atoms with Crippen LogP contribution in [0.3, 0.4) is 0 Å². The maximum absolute atomic E-state index is 9.25. The van der Waals surface area contributed by atoms with Gasteiger partial charge in [0.25, 0.3) is 0 Å². The summed E-state index contributed by atoms with van der Waals surface area (Å²) in [6.07, 6.45) is 0. The Bertz CT molecular complexity index is 508. The van der Waals surface area contributed by atoms with E-state index in [9.17, 15) is 5.11 Å². The molecule has 0 aliphatic rings. The van der Waals surface area contributed by atoms with Gasteiger partial charge in [-0.15, -0.1) is 0 Å². The molecule has 0 unspecified atom stereocenters. The molecule has 0 aromatic heterocycles. The topological polar surface area (TPSA) is 49.5 Å². The van der Waals surface area contributed by atoms with Gasteiger partial charge in [0.15, 0.2) is 0 Å². The monoisotopic (exact) mass is 242 g/mol. The van der Waals surface area contributed by atoms with Crippen molar-refractivity contribution >= 4 is 5.69 Å². The lowest BCUT2D eigenvalue weighted by molar-refractivity contribution is 0.475. The molecule has 0 bridgehead atoms. The zero-order valence-electron chi connectivity index (χ0n) is 10.5. The van der Waals surface area contributed by atoms with Gasteiger partial charge in [0.05, 0.1) is 0 Å². The first-order valence-electron chi connectivity index (χ1n) is 5.97. The van der Waals surface area contributed by atoms with Crippen LogP contribution in [0.25, 0.3) is 0 Å². The van der Waals surface area contributed by atoms with Crippen LogP contribution < -0.4 is 10.6 Å². The Morgan fingerprint density at radius 1 is 1.06 bits per heavy atom. The minimum Gasteiger partial charge on any atom is -0.508 e. The maximum Gasteiger partial charge on any atom is 0.115 e. The van der Waals surface area contributed by atoms with Gasteiger partial charge in [-0.05, 0) is 35.4 Å². The highest BCUT2D eigenvalue weighted by Crippen LogP contribution is 2.18. The number of rotatable bonds is 4. The second-order valence-corrected chi connectivity index (χ2v) is 4.40. The van der Waals surface area contributed by atoms with Gasteiger partial charge >= 0.3 is 0 Å². The Balaban J connectivity index is 2.11. The van der Waals surface area contributed by atoms with Crippen LogP contribution in [0, 0.1) is 0 Å². The highest BCUT2D eigenvalue weighted by atomic mass is 16.3. The van der Waals surface area contributed by atoms with E-state index < -0.39 is 0 Å². The summed E-state index contributed by atoms with van der Waals surface area (Å²) in [5.41, 5.74) is 9.08. The van der Waals surface area contributed by atoms with Gasteiger partial charge < -0.3 is 15.7 Å². The molecule has 3 N–H and O–H groups in total. The molecule has 0 saturated heterocycles. The molecule has 0 atom stereocenters. The predicted octanol–water partition coefficient (Wildman–Crippen LogP) is 2.49. The van der Waals surface area contributed by atoms with Crippen LogP contribution >= 0.6 is 0 Å². The first-order chi connectivity index (χ1) is 8.69. The van der Waals surface area contributed by atoms with E-state index in [1.54, 1.807) is 12.1 Å². The molecule has 0 heterocycles. The van der Waals surface area contributed by atoms with E-state index in [0.29, 0.717) is 12.3 Å². The molecule has 18 heavy (non-hydrogen) atoms. The van der Waals surface area contributed by atoms with E-state index in [4.69, 9.17) is 5.73 Å². The molecule has 3 heteroatoms. The smallest absolute Gasteiger partial charge is 0.115 e. The average Bonchev–Trinajstić information content (AvgIpc) is 2.41. The lowest BCUT2D eigenvalue weighted by Gasteiger charge is -2.20. The van der Waals surface area contributed by atoms with Gasteiger partial charge in [-0.3, -0.25) is 0 Å². The third kappa shape index (κ3) is 3.02. The average molecular weight is 242 g/mol. The van der Waals surface area contributed by atoms with E-state index in [0.717, 1.165) is 23.4 Å². The lowest BCUT2D eigenvalue weighted by atomic mass is 10.1. The van der Waals surface area contributed by atoms with E-state index in [1.807, 2.05) is 31.3 Å². The van der Waals surface area contributed by atoms with Gasteiger partial charge in [0.1, 0.15) is 5.75 Å². The van der Waals surface area contributed by atoms with Crippen LogP contribution in [0.15, 0.2) is 48.5 Å². The van der Waals surface area contributed by atoms with Crippen LogP contribution in [-0.4, -0.2) is 12.2 Å². The third-order valence-corrected chi connectivity index (χ3v) is 2.94. The second kappa shape index (κ2) is 5.56. The minimum atomic E-state index is 0.298. The molecular weight excluding hydrogens is 224 g/mol. The Labute approximate surface area is 107 Å². The molecule has 0 radical (unpaired) electrons. The van der Waals surface area contributed by atoms with Crippen molar-refractivity contribution in [1.82, 2.24) is 0 Å². The first kappa shape index (κ1) is 12.5. The fourth-order valence-electron chi connectivity index (χ4n) is 1.89. The number of benzene rings is 2. The van der Waals surface area contributed by atoms with E-state index in [2.05, 4.69) is 17.0 Å². The van der Waals surface area contributed by atoms with Crippen molar-refractivity contribution in [2.45, 2.75) is 13.1 Å². The van der Waals surface area contributed by atoms with Gasteiger partial charge in [0.2, 0.25) is 0 Å². The molecule has 2 aromatic rings. The van der Waals surface area contributed by atoms with Gasteiger partial charge in [-0.25, -0.2) is 0 Å². The summed E-state index contributed by atoms with van der Waals surface area (Å²) in [5, 5.41) is 9.25. The zero-order valence-corrected chi connectivity index (χ0v) is 10.5. The van der Waals surface area contributed by atoms with Crippen molar-refractivity contribution < 1.29 is 5.11 Å². The number of hydrogen-bond donors (Lipinski definition) is 2. The van der Waals surface area contributed by atoms with Crippen LogP contribution in [0.1, 0.15) is 11.1 Å². The van der Waals surface area contributed by atoms with E-state index >= 15 is 0 Å². The van der Waals surface area contributed by atoms with Gasteiger partial charge in [-0.1, -0.05) is 24.3 Å². The zero-order chi connectivity index (χ0) is 13.0. The Kier molecular flexibility index (Phi) is 3.85. The highest BCUT2D eigenvalue weighted by molar-refractivity contribution is 5.48. The van der Waals surface area contributed by atoms with Crippen LogP contribution in [0.5, 0.6) is 5.75 Å². The molecule has 2 aromatic carbocycles. The Morgan fingerprint density at radius 3 is 2.44 bits per heavy atom. The van der Waals surface area contributed by atoms with Crippen LogP contribution in [0.4, 0.5) is 5.69 Å². The summed E-state index contributed by atoms with van der Waals surface area (Å²) < 4.78 is 0. The molecule has 94 valence electrons. The van der Waals surface area contributed by atoms with Crippen molar-refractivity contribution in [3.05, 3.63) is 59.7 Å². The van der Waals surface area contributed by atoms with Crippen molar-refractivity contribution in [2.75, 3.05) is 11.9 Å². The highest BCUT2D eigenvalue weighted by Gasteiger charge is 2.03. The first-order valence-corrected chi connectivity index (χ1v) is 5.97. The van der Waals surface area contributed by atoms with Crippen molar-refractivity contribution in [3.8, 4) is 5.75 Å². The quantitative estimate of drug-likeness (QED) is 0.866. The van der Waals surface area contributed by atoms with Crippen LogP contribution in [0.2, 0.25) is 0 Å². The van der Waals surface area contributed by atoms with E-state index in [1.165, 1.54) is 0 Å². The number of hydrogen-bond acceptors (Lipinski definition) is 3.